The van der Waals surface area contributed by atoms with Crippen LogP contribution in [-0.4, -0.2) is 35.1 Å². The van der Waals surface area contributed by atoms with Crippen LogP contribution in [0.2, 0.25) is 0 Å². The van der Waals surface area contributed by atoms with Gasteiger partial charge >= 0.3 is 0 Å². The number of likely N-dealkylation sites (tertiary alicyclic amines) is 1. The van der Waals surface area contributed by atoms with Crippen molar-refractivity contribution in [2.24, 2.45) is 11.7 Å². The van der Waals surface area contributed by atoms with E-state index in [0.717, 1.165) is 38.2 Å². The van der Waals surface area contributed by atoms with Crippen molar-refractivity contribution in [3.63, 3.8) is 0 Å². The van der Waals surface area contributed by atoms with Crippen LogP contribution < -0.4 is 10.5 Å². The zero-order valence-electron chi connectivity index (χ0n) is 10.6. The second kappa shape index (κ2) is 6.11. The van der Waals surface area contributed by atoms with Gasteiger partial charge in [0.1, 0.15) is 0 Å². The minimum atomic E-state index is 0.347. The molecular formula is C13H19N3OS. The summed E-state index contributed by atoms with van der Waals surface area (Å²) in [6, 6.07) is 5.85. The number of thiocarbonyl (C=S) groups is 1. The first kappa shape index (κ1) is 13.2. The summed E-state index contributed by atoms with van der Waals surface area (Å²) in [4.78, 5) is 7.42. The average Bonchev–Trinajstić information content (AvgIpc) is 2.39. The molecule has 0 bridgehead atoms. The maximum atomic E-state index is 5.74. The molecule has 1 aromatic rings. The zero-order valence-corrected chi connectivity index (χ0v) is 11.4. The highest BCUT2D eigenvalue weighted by Crippen LogP contribution is 2.19. The first-order chi connectivity index (χ1) is 8.69. The van der Waals surface area contributed by atoms with E-state index in [1.165, 1.54) is 0 Å². The molecule has 1 aliphatic rings. The molecule has 2 N–H and O–H groups in total. The van der Waals surface area contributed by atoms with Gasteiger partial charge in [-0.25, -0.2) is 4.98 Å². The fourth-order valence-corrected chi connectivity index (χ4v) is 2.51. The van der Waals surface area contributed by atoms with Crippen LogP contribution in [0.5, 0.6) is 5.88 Å². The van der Waals surface area contributed by atoms with Gasteiger partial charge < -0.3 is 10.5 Å². The summed E-state index contributed by atoms with van der Waals surface area (Å²) in [5.41, 5.74) is 6.76. The Morgan fingerprint density at radius 2 is 2.44 bits per heavy atom. The van der Waals surface area contributed by atoms with Crippen molar-refractivity contribution in [3.05, 3.63) is 23.9 Å². The van der Waals surface area contributed by atoms with Crippen LogP contribution in [-0.2, 0) is 6.54 Å². The largest absolute Gasteiger partial charge is 0.481 e. The number of methoxy groups -OCH3 is 1. The molecule has 0 spiro atoms. The van der Waals surface area contributed by atoms with E-state index in [4.69, 9.17) is 22.7 Å². The lowest BCUT2D eigenvalue weighted by molar-refractivity contribution is 0.194. The number of hydrogen-bond donors (Lipinski definition) is 1. The van der Waals surface area contributed by atoms with Gasteiger partial charge in [0.25, 0.3) is 0 Å². The summed E-state index contributed by atoms with van der Waals surface area (Å²) in [5, 5.41) is 0. The lowest BCUT2D eigenvalue weighted by Gasteiger charge is -2.31. The molecule has 5 heteroatoms. The first-order valence-electron chi connectivity index (χ1n) is 6.20. The Bertz CT molecular complexity index is 424. The molecule has 4 nitrogen and oxygen atoms in total. The predicted octanol–water partition coefficient (Wildman–Crippen LogP) is 1.59. The third kappa shape index (κ3) is 3.40. The van der Waals surface area contributed by atoms with Gasteiger partial charge in [0.15, 0.2) is 0 Å². The van der Waals surface area contributed by atoms with Gasteiger partial charge in [0.2, 0.25) is 5.88 Å². The second-order valence-corrected chi connectivity index (χ2v) is 5.12. The number of nitrogens with zero attached hydrogens (tertiary/aromatic N) is 2. The molecule has 1 aromatic heterocycles. The van der Waals surface area contributed by atoms with Crippen molar-refractivity contribution in [2.75, 3.05) is 20.2 Å². The Labute approximate surface area is 113 Å². The summed E-state index contributed by atoms with van der Waals surface area (Å²) in [5.74, 6) is 1.01. The standard InChI is InChI=1S/C13H19N3OS/c1-17-12-6-2-5-11(15-12)9-16-7-3-4-10(8-16)13(14)18/h2,5-6,10H,3-4,7-9H2,1H3,(H2,14,18). The van der Waals surface area contributed by atoms with Crippen LogP contribution in [0.15, 0.2) is 18.2 Å². The third-order valence-electron chi connectivity index (χ3n) is 3.28. The van der Waals surface area contributed by atoms with Crippen LogP contribution in [0.4, 0.5) is 0 Å². The number of ether oxygens (including phenoxy) is 1. The molecule has 1 saturated heterocycles. The van der Waals surface area contributed by atoms with Crippen LogP contribution in [0.3, 0.4) is 0 Å². The van der Waals surface area contributed by atoms with Gasteiger partial charge in [0.05, 0.1) is 17.8 Å². The summed E-state index contributed by atoms with van der Waals surface area (Å²) < 4.78 is 5.13. The van der Waals surface area contributed by atoms with Crippen molar-refractivity contribution < 1.29 is 4.74 Å². The Balaban J connectivity index is 1.97. The maximum Gasteiger partial charge on any atom is 0.213 e. The van der Waals surface area contributed by atoms with E-state index < -0.39 is 0 Å². The Hall–Kier alpha value is -1.20. The third-order valence-corrected chi connectivity index (χ3v) is 3.62. The summed E-state index contributed by atoms with van der Waals surface area (Å²) in [6.45, 7) is 2.85. The molecular weight excluding hydrogens is 246 g/mol. The van der Waals surface area contributed by atoms with Crippen LogP contribution >= 0.6 is 12.2 Å². The van der Waals surface area contributed by atoms with E-state index in [-0.39, 0.29) is 0 Å². The molecule has 1 fully saturated rings. The molecule has 98 valence electrons. The SMILES string of the molecule is COc1cccc(CN2CCCC(C(N)=S)C2)n1. The summed E-state index contributed by atoms with van der Waals surface area (Å²) in [6.07, 6.45) is 2.25. The minimum absolute atomic E-state index is 0.347. The average molecular weight is 265 g/mol. The van der Waals surface area contributed by atoms with Gasteiger partial charge in [-0.05, 0) is 25.5 Å². The molecule has 0 saturated carbocycles. The van der Waals surface area contributed by atoms with Crippen LogP contribution in [0.25, 0.3) is 0 Å². The van der Waals surface area contributed by atoms with Gasteiger partial charge in [-0.15, -0.1) is 0 Å². The van der Waals surface area contributed by atoms with E-state index in [0.29, 0.717) is 16.8 Å². The second-order valence-electron chi connectivity index (χ2n) is 4.65. The minimum Gasteiger partial charge on any atom is -0.481 e. The molecule has 1 aliphatic heterocycles. The molecule has 0 aromatic carbocycles. The number of aromatic nitrogens is 1. The molecule has 0 amide bonds. The Morgan fingerprint density at radius 3 is 3.17 bits per heavy atom. The highest BCUT2D eigenvalue weighted by molar-refractivity contribution is 7.80. The van der Waals surface area contributed by atoms with Crippen molar-refractivity contribution in [3.8, 4) is 5.88 Å². The van der Waals surface area contributed by atoms with E-state index in [1.807, 2.05) is 18.2 Å². The number of pyridine rings is 1. The topological polar surface area (TPSA) is 51.4 Å². The number of piperidine rings is 1. The van der Waals surface area contributed by atoms with Gasteiger partial charge in [0, 0.05) is 25.1 Å². The van der Waals surface area contributed by atoms with Crippen molar-refractivity contribution >= 4 is 17.2 Å². The van der Waals surface area contributed by atoms with Crippen LogP contribution in [0, 0.1) is 5.92 Å². The number of nitrogens with two attached hydrogens (primary N) is 1. The maximum absolute atomic E-state index is 5.74. The predicted molar refractivity (Wildman–Crippen MR) is 75.6 cm³/mol. The quantitative estimate of drug-likeness (QED) is 0.838. The van der Waals surface area contributed by atoms with Gasteiger partial charge in [-0.1, -0.05) is 18.3 Å². The van der Waals surface area contributed by atoms with E-state index in [2.05, 4.69) is 9.88 Å². The molecule has 1 unspecified atom stereocenters. The highest BCUT2D eigenvalue weighted by Gasteiger charge is 2.22. The van der Waals surface area contributed by atoms with Crippen molar-refractivity contribution in [1.29, 1.82) is 0 Å². The molecule has 2 rings (SSSR count). The molecule has 0 aliphatic carbocycles. The molecule has 18 heavy (non-hydrogen) atoms. The van der Waals surface area contributed by atoms with E-state index >= 15 is 0 Å². The Morgan fingerprint density at radius 1 is 1.61 bits per heavy atom. The molecule has 1 atom stereocenters. The fourth-order valence-electron chi connectivity index (χ4n) is 2.32. The normalized spacial score (nSPS) is 20.6. The first-order valence-corrected chi connectivity index (χ1v) is 6.61. The van der Waals surface area contributed by atoms with Gasteiger partial charge in [-0.3, -0.25) is 4.90 Å². The van der Waals surface area contributed by atoms with E-state index in [1.54, 1.807) is 7.11 Å². The Kier molecular flexibility index (Phi) is 4.49. The van der Waals surface area contributed by atoms with Crippen molar-refractivity contribution in [2.45, 2.75) is 19.4 Å². The lowest BCUT2D eigenvalue weighted by Crippen LogP contribution is -2.40. The summed E-state index contributed by atoms with van der Waals surface area (Å²) in [7, 11) is 1.63. The van der Waals surface area contributed by atoms with Crippen LogP contribution in [0.1, 0.15) is 18.5 Å². The fraction of sp³-hybridized carbons (Fsp3) is 0.538. The smallest absolute Gasteiger partial charge is 0.213 e. The molecule has 2 heterocycles. The summed E-state index contributed by atoms with van der Waals surface area (Å²) >= 11 is 5.09. The lowest BCUT2D eigenvalue weighted by atomic mass is 9.98. The highest BCUT2D eigenvalue weighted by atomic mass is 32.1. The number of hydrogen-bond acceptors (Lipinski definition) is 4. The molecule has 0 radical (unpaired) electrons. The van der Waals surface area contributed by atoms with Crippen molar-refractivity contribution in [1.82, 2.24) is 9.88 Å². The van der Waals surface area contributed by atoms with E-state index in [9.17, 15) is 0 Å². The number of rotatable bonds is 4. The monoisotopic (exact) mass is 265 g/mol. The van der Waals surface area contributed by atoms with Gasteiger partial charge in [-0.2, -0.15) is 0 Å². The zero-order chi connectivity index (χ0) is 13.0.